The summed E-state index contributed by atoms with van der Waals surface area (Å²) in [6.45, 7) is 1.73. The van der Waals surface area contributed by atoms with Crippen molar-refractivity contribution in [3.05, 3.63) is 29.6 Å². The van der Waals surface area contributed by atoms with Gasteiger partial charge in [-0.3, -0.25) is 4.79 Å². The summed E-state index contributed by atoms with van der Waals surface area (Å²) in [5.74, 6) is 0.905. The van der Waals surface area contributed by atoms with E-state index in [4.69, 9.17) is 9.47 Å². The third-order valence-corrected chi connectivity index (χ3v) is 4.40. The van der Waals surface area contributed by atoms with Gasteiger partial charge in [-0.2, -0.15) is 4.98 Å². The molecule has 6 heteroatoms. The maximum atomic E-state index is 11.7. The number of hydrogen-bond acceptors (Lipinski definition) is 6. The molecular formula is C18H20N2O4. The summed E-state index contributed by atoms with van der Waals surface area (Å²) in [5.41, 5.74) is 2.63. The number of rotatable bonds is 3. The zero-order valence-electron chi connectivity index (χ0n) is 14.0. The monoisotopic (exact) mass is 328 g/mol. The Balaban J connectivity index is 2.03. The Morgan fingerprint density at radius 1 is 1.29 bits per heavy atom. The number of allylic oxidation sites excluding steroid dienone is 2. The zero-order chi connectivity index (χ0) is 17.3. The Morgan fingerprint density at radius 2 is 2.08 bits per heavy atom. The highest BCUT2D eigenvalue weighted by atomic mass is 16.5. The van der Waals surface area contributed by atoms with Gasteiger partial charge in [0.25, 0.3) is 0 Å². The van der Waals surface area contributed by atoms with Gasteiger partial charge in [0.05, 0.1) is 31.0 Å². The zero-order valence-corrected chi connectivity index (χ0v) is 14.0. The number of fused-ring (bicyclic) bond motifs is 1. The van der Waals surface area contributed by atoms with Crippen LogP contribution in [-0.2, 0) is 9.53 Å². The molecule has 1 heterocycles. The standard InChI is InChI=1S/C18H20N2O4/c1-10-19-15-9-16(23-2)13(8-14(15)17(21)20-10)11-4-6-12(7-5-11)18(22)24-3/h4,8-9,12H,5-7H2,1-3H3,(H,19,20,21). The summed E-state index contributed by atoms with van der Waals surface area (Å²) in [6.07, 6.45) is 4.16. The first-order chi connectivity index (χ1) is 11.5. The molecule has 24 heavy (non-hydrogen) atoms. The Labute approximate surface area is 140 Å². The minimum Gasteiger partial charge on any atom is -0.496 e. The topological polar surface area (TPSA) is 81.5 Å². The normalized spacial score (nSPS) is 17.5. The van der Waals surface area contributed by atoms with Crippen molar-refractivity contribution in [2.75, 3.05) is 14.2 Å². The third kappa shape index (κ3) is 2.91. The lowest BCUT2D eigenvalue weighted by Crippen LogP contribution is -2.18. The van der Waals surface area contributed by atoms with Crippen LogP contribution in [0.1, 0.15) is 30.7 Å². The summed E-state index contributed by atoms with van der Waals surface area (Å²) in [5, 5.41) is 10.7. The second-order valence-electron chi connectivity index (χ2n) is 5.89. The first-order valence-corrected chi connectivity index (χ1v) is 7.86. The molecule has 3 rings (SSSR count). The summed E-state index contributed by atoms with van der Waals surface area (Å²) in [6, 6.07) is 3.67. The van der Waals surface area contributed by atoms with E-state index in [-0.39, 0.29) is 17.8 Å². The van der Waals surface area contributed by atoms with Gasteiger partial charge in [0.2, 0.25) is 5.88 Å². The van der Waals surface area contributed by atoms with Crippen LogP contribution in [0.2, 0.25) is 0 Å². The van der Waals surface area contributed by atoms with E-state index in [1.54, 1.807) is 14.0 Å². The summed E-state index contributed by atoms with van der Waals surface area (Å²) >= 11 is 0. The number of carbonyl (C=O) groups excluding carboxylic acids is 1. The Hall–Kier alpha value is -2.63. The second kappa shape index (κ2) is 6.47. The quantitative estimate of drug-likeness (QED) is 0.872. The first kappa shape index (κ1) is 16.2. The number of methoxy groups -OCH3 is 2. The fourth-order valence-corrected chi connectivity index (χ4v) is 3.13. The molecule has 0 amide bonds. The van der Waals surface area contributed by atoms with Crippen molar-refractivity contribution < 1.29 is 19.4 Å². The van der Waals surface area contributed by atoms with Gasteiger partial charge < -0.3 is 14.6 Å². The number of hydrogen-bond donors (Lipinski definition) is 1. The molecular weight excluding hydrogens is 308 g/mol. The Morgan fingerprint density at radius 3 is 2.71 bits per heavy atom. The van der Waals surface area contributed by atoms with Crippen LogP contribution in [0.3, 0.4) is 0 Å². The molecule has 126 valence electrons. The molecule has 1 aromatic heterocycles. The number of carbonyl (C=O) groups is 1. The average Bonchev–Trinajstić information content (AvgIpc) is 2.60. The van der Waals surface area contributed by atoms with Crippen LogP contribution in [0.5, 0.6) is 11.6 Å². The van der Waals surface area contributed by atoms with Crippen molar-refractivity contribution in [1.29, 1.82) is 0 Å². The number of ether oxygens (including phenoxy) is 2. The van der Waals surface area contributed by atoms with Crippen LogP contribution in [0.4, 0.5) is 0 Å². The van der Waals surface area contributed by atoms with E-state index in [2.05, 4.69) is 9.97 Å². The van der Waals surface area contributed by atoms with E-state index in [9.17, 15) is 9.90 Å². The van der Waals surface area contributed by atoms with Gasteiger partial charge in [0, 0.05) is 11.6 Å². The van der Waals surface area contributed by atoms with Crippen LogP contribution in [0.15, 0.2) is 18.2 Å². The third-order valence-electron chi connectivity index (χ3n) is 4.40. The molecule has 6 nitrogen and oxygen atoms in total. The molecule has 1 N–H and O–H groups in total. The highest BCUT2D eigenvalue weighted by molar-refractivity contribution is 5.90. The summed E-state index contributed by atoms with van der Waals surface area (Å²) in [4.78, 5) is 20.0. The predicted molar refractivity (Wildman–Crippen MR) is 89.8 cm³/mol. The molecule has 0 aliphatic heterocycles. The van der Waals surface area contributed by atoms with E-state index in [1.807, 2.05) is 18.2 Å². The molecule has 0 spiro atoms. The van der Waals surface area contributed by atoms with Crippen LogP contribution < -0.4 is 4.74 Å². The summed E-state index contributed by atoms with van der Waals surface area (Å²) in [7, 11) is 3.03. The van der Waals surface area contributed by atoms with Crippen LogP contribution in [-0.4, -0.2) is 35.3 Å². The predicted octanol–water partition coefficient (Wildman–Crippen LogP) is 3.01. The molecule has 0 saturated heterocycles. The van der Waals surface area contributed by atoms with Gasteiger partial charge >= 0.3 is 5.97 Å². The fraction of sp³-hybridized carbons (Fsp3) is 0.389. The molecule has 1 aromatic carbocycles. The van der Waals surface area contributed by atoms with Crippen molar-refractivity contribution in [3.63, 3.8) is 0 Å². The molecule has 0 saturated carbocycles. The molecule has 1 unspecified atom stereocenters. The van der Waals surface area contributed by atoms with E-state index in [0.29, 0.717) is 28.9 Å². The van der Waals surface area contributed by atoms with Gasteiger partial charge in [0.1, 0.15) is 11.6 Å². The van der Waals surface area contributed by atoms with Gasteiger partial charge in [-0.05, 0) is 37.8 Å². The van der Waals surface area contributed by atoms with E-state index in [1.165, 1.54) is 7.11 Å². The van der Waals surface area contributed by atoms with Crippen LogP contribution in [0.25, 0.3) is 16.5 Å². The van der Waals surface area contributed by atoms with Crippen molar-refractivity contribution in [2.45, 2.75) is 26.2 Å². The lowest BCUT2D eigenvalue weighted by Gasteiger charge is -2.21. The smallest absolute Gasteiger partial charge is 0.308 e. The average molecular weight is 328 g/mol. The minimum absolute atomic E-state index is 0.0368. The van der Waals surface area contributed by atoms with Gasteiger partial charge in [-0.1, -0.05) is 6.08 Å². The molecule has 0 bridgehead atoms. The molecule has 0 radical (unpaired) electrons. The highest BCUT2D eigenvalue weighted by Crippen LogP contribution is 2.38. The SMILES string of the molecule is COC(=O)C1CC=C(c2cc3c(O)nc(C)nc3cc2OC)CC1. The van der Waals surface area contributed by atoms with Crippen LogP contribution >= 0.6 is 0 Å². The van der Waals surface area contributed by atoms with Crippen molar-refractivity contribution in [1.82, 2.24) is 9.97 Å². The Kier molecular flexibility index (Phi) is 4.38. The molecule has 1 aliphatic carbocycles. The number of aryl methyl sites for hydroxylation is 1. The van der Waals surface area contributed by atoms with E-state index >= 15 is 0 Å². The largest absolute Gasteiger partial charge is 0.496 e. The van der Waals surface area contributed by atoms with E-state index < -0.39 is 0 Å². The molecule has 1 atom stereocenters. The molecule has 2 aromatic rings. The number of esters is 1. The van der Waals surface area contributed by atoms with Crippen molar-refractivity contribution in [2.24, 2.45) is 5.92 Å². The number of aromatic hydroxyl groups is 1. The van der Waals surface area contributed by atoms with Gasteiger partial charge in [-0.25, -0.2) is 4.98 Å². The maximum Gasteiger partial charge on any atom is 0.308 e. The lowest BCUT2D eigenvalue weighted by atomic mass is 9.86. The minimum atomic E-state index is -0.169. The number of benzene rings is 1. The fourth-order valence-electron chi connectivity index (χ4n) is 3.13. The maximum absolute atomic E-state index is 11.7. The Bertz CT molecular complexity index is 829. The summed E-state index contributed by atoms with van der Waals surface area (Å²) < 4.78 is 10.3. The first-order valence-electron chi connectivity index (χ1n) is 7.86. The molecule has 0 fully saturated rings. The van der Waals surface area contributed by atoms with Gasteiger partial charge in [-0.15, -0.1) is 0 Å². The second-order valence-corrected chi connectivity index (χ2v) is 5.89. The van der Waals surface area contributed by atoms with Crippen molar-refractivity contribution >= 4 is 22.4 Å². The molecule has 1 aliphatic rings. The number of nitrogens with zero attached hydrogens (tertiary/aromatic N) is 2. The van der Waals surface area contributed by atoms with Crippen molar-refractivity contribution in [3.8, 4) is 11.6 Å². The van der Waals surface area contributed by atoms with Crippen LogP contribution in [0, 0.1) is 12.8 Å². The number of aromatic nitrogens is 2. The lowest BCUT2D eigenvalue weighted by molar-refractivity contribution is -0.145. The van der Waals surface area contributed by atoms with Gasteiger partial charge in [0.15, 0.2) is 0 Å². The highest BCUT2D eigenvalue weighted by Gasteiger charge is 2.24. The van der Waals surface area contributed by atoms with E-state index in [0.717, 1.165) is 24.0 Å².